The molecule has 7 heteroatoms. The summed E-state index contributed by atoms with van der Waals surface area (Å²) in [5.74, 6) is 0.801. The van der Waals surface area contributed by atoms with Gasteiger partial charge in [0.05, 0.1) is 35.0 Å². The van der Waals surface area contributed by atoms with Crippen LogP contribution in [0, 0.1) is 13.8 Å². The molecule has 0 saturated carbocycles. The lowest BCUT2D eigenvalue weighted by Gasteiger charge is -2.12. The maximum Gasteiger partial charge on any atom is 0.161 e. The molecule has 0 unspecified atom stereocenters. The van der Waals surface area contributed by atoms with Gasteiger partial charge in [-0.05, 0) is 61.4 Å². The van der Waals surface area contributed by atoms with Crippen molar-refractivity contribution in [2.75, 3.05) is 12.4 Å². The van der Waals surface area contributed by atoms with Crippen molar-refractivity contribution in [2.45, 2.75) is 20.5 Å². The van der Waals surface area contributed by atoms with Crippen LogP contribution in [0.5, 0.6) is 5.75 Å². The predicted molar refractivity (Wildman–Crippen MR) is 133 cm³/mol. The molecule has 0 saturated heterocycles. The number of anilines is 2. The lowest BCUT2D eigenvalue weighted by atomic mass is 10.1. The molecule has 0 radical (unpaired) electrons. The molecule has 0 fully saturated rings. The first kappa shape index (κ1) is 21.2. The Morgan fingerprint density at radius 1 is 1.09 bits per heavy atom. The number of benzene rings is 2. The third kappa shape index (κ3) is 3.97. The second-order valence-electron chi connectivity index (χ2n) is 7.79. The minimum Gasteiger partial charge on any atom is -0.497 e. The van der Waals surface area contributed by atoms with E-state index < -0.39 is 0 Å². The third-order valence-corrected chi connectivity index (χ3v) is 6.62. The van der Waals surface area contributed by atoms with Crippen LogP contribution < -0.4 is 10.1 Å². The van der Waals surface area contributed by atoms with E-state index in [1.807, 2.05) is 73.9 Å². The number of pyridine rings is 1. The van der Waals surface area contributed by atoms with Gasteiger partial charge in [0.1, 0.15) is 5.75 Å². The van der Waals surface area contributed by atoms with Crippen LogP contribution in [0.25, 0.3) is 27.3 Å². The topological polar surface area (TPSA) is 71.7 Å². The van der Waals surface area contributed by atoms with E-state index in [4.69, 9.17) is 9.72 Å². The molecule has 166 valence electrons. The Hall–Kier alpha value is -3.68. The summed E-state index contributed by atoms with van der Waals surface area (Å²) in [6.07, 6.45) is 3.87. The average Bonchev–Trinajstić information content (AvgIpc) is 3.43. The van der Waals surface area contributed by atoms with Crippen LogP contribution in [0.1, 0.15) is 16.3 Å². The number of rotatable bonds is 6. The lowest BCUT2D eigenvalue weighted by Crippen LogP contribution is -1.97. The van der Waals surface area contributed by atoms with Crippen LogP contribution in [-0.2, 0) is 6.61 Å². The number of thiazole rings is 1. The van der Waals surface area contributed by atoms with E-state index in [-0.39, 0.29) is 6.61 Å². The zero-order valence-electron chi connectivity index (χ0n) is 18.7. The van der Waals surface area contributed by atoms with Crippen molar-refractivity contribution in [3.05, 3.63) is 83.3 Å². The van der Waals surface area contributed by atoms with Crippen LogP contribution in [0.4, 0.5) is 11.4 Å². The molecule has 0 atom stereocenters. The van der Waals surface area contributed by atoms with Gasteiger partial charge in [-0.2, -0.15) is 0 Å². The van der Waals surface area contributed by atoms with Crippen LogP contribution in [0.2, 0.25) is 0 Å². The number of hydrogen-bond acceptors (Lipinski definition) is 6. The van der Waals surface area contributed by atoms with E-state index in [1.165, 1.54) is 0 Å². The normalized spacial score (nSPS) is 11.2. The highest BCUT2D eigenvalue weighted by Crippen LogP contribution is 2.33. The quantitative estimate of drug-likeness (QED) is 0.329. The first-order chi connectivity index (χ1) is 16.1. The molecular weight excluding hydrogens is 432 g/mol. The van der Waals surface area contributed by atoms with E-state index >= 15 is 0 Å². The number of ether oxygens (including phenoxy) is 1. The summed E-state index contributed by atoms with van der Waals surface area (Å²) >= 11 is 1.62. The van der Waals surface area contributed by atoms with Gasteiger partial charge in [-0.3, -0.25) is 0 Å². The number of fused-ring (bicyclic) bond motifs is 1. The molecule has 3 aromatic heterocycles. The summed E-state index contributed by atoms with van der Waals surface area (Å²) in [6.45, 7) is 4.00. The summed E-state index contributed by atoms with van der Waals surface area (Å²) in [5.41, 5.74) is 7.44. The van der Waals surface area contributed by atoms with Crippen molar-refractivity contribution < 1.29 is 9.84 Å². The van der Waals surface area contributed by atoms with Crippen molar-refractivity contribution in [2.24, 2.45) is 0 Å². The molecular formula is C26H24N4O2S. The van der Waals surface area contributed by atoms with Crippen LogP contribution in [0.15, 0.2) is 67.0 Å². The average molecular weight is 457 g/mol. The van der Waals surface area contributed by atoms with Gasteiger partial charge in [-0.25, -0.2) is 9.97 Å². The molecule has 5 aromatic rings. The van der Waals surface area contributed by atoms with Gasteiger partial charge >= 0.3 is 0 Å². The Balaban J connectivity index is 1.53. The molecule has 6 nitrogen and oxygen atoms in total. The number of hydrogen-bond donors (Lipinski definition) is 2. The maximum absolute atomic E-state index is 9.99. The van der Waals surface area contributed by atoms with Crippen molar-refractivity contribution in [1.82, 2.24) is 14.4 Å². The number of nitrogens with one attached hydrogen (secondary N) is 1. The molecule has 0 amide bonds. The second kappa shape index (κ2) is 8.69. The number of imidazole rings is 1. The zero-order valence-corrected chi connectivity index (χ0v) is 19.5. The summed E-state index contributed by atoms with van der Waals surface area (Å²) < 4.78 is 7.47. The molecule has 3 heterocycles. The molecule has 2 N–H and O–H groups in total. The third-order valence-electron chi connectivity index (χ3n) is 5.67. The molecule has 33 heavy (non-hydrogen) atoms. The van der Waals surface area contributed by atoms with E-state index in [0.29, 0.717) is 0 Å². The summed E-state index contributed by atoms with van der Waals surface area (Å²) in [7, 11) is 1.67. The van der Waals surface area contributed by atoms with Gasteiger partial charge in [0.2, 0.25) is 0 Å². The number of aryl methyl sites for hydroxylation is 2. The molecule has 2 aromatic carbocycles. The van der Waals surface area contributed by atoms with Crippen LogP contribution >= 0.6 is 11.3 Å². The number of nitrogens with zero attached hydrogens (tertiary/aromatic N) is 3. The second-order valence-corrected chi connectivity index (χ2v) is 9.03. The largest absolute Gasteiger partial charge is 0.497 e. The molecule has 0 aliphatic carbocycles. The first-order valence-corrected chi connectivity index (χ1v) is 11.4. The number of aliphatic hydroxyl groups excluding tert-OH is 1. The smallest absolute Gasteiger partial charge is 0.161 e. The van der Waals surface area contributed by atoms with Crippen LogP contribution in [-0.4, -0.2) is 26.6 Å². The standard InChI is InChI=1S/C26H24N4O2S/c1-16-25(18-6-4-7-21(13-18)32-3)29-26-23(8-5-11-30(16)26)28-20-9-10-22(19(12-20)15-31)24-14-27-17(2)33-24/h4-14,28,31H,15H2,1-3H3. The van der Waals surface area contributed by atoms with Gasteiger partial charge in [-0.15, -0.1) is 11.3 Å². The van der Waals surface area contributed by atoms with Crippen molar-refractivity contribution >= 4 is 28.4 Å². The highest BCUT2D eigenvalue weighted by Gasteiger charge is 2.15. The fourth-order valence-corrected chi connectivity index (χ4v) is 4.85. The highest BCUT2D eigenvalue weighted by molar-refractivity contribution is 7.15. The minimum absolute atomic E-state index is 0.0471. The van der Waals surface area contributed by atoms with E-state index in [0.717, 1.165) is 60.7 Å². The van der Waals surface area contributed by atoms with Crippen LogP contribution in [0.3, 0.4) is 0 Å². The van der Waals surface area contributed by atoms with Gasteiger partial charge in [0, 0.05) is 29.3 Å². The number of aliphatic hydroxyl groups is 1. The number of methoxy groups -OCH3 is 1. The Kier molecular flexibility index (Phi) is 5.58. The lowest BCUT2D eigenvalue weighted by molar-refractivity contribution is 0.282. The Bertz CT molecular complexity index is 1450. The molecule has 0 aliphatic heterocycles. The van der Waals surface area contributed by atoms with Gasteiger partial charge in [0.15, 0.2) is 5.65 Å². The summed E-state index contributed by atoms with van der Waals surface area (Å²) in [6, 6.07) is 18.0. The van der Waals surface area contributed by atoms with Crippen molar-refractivity contribution in [1.29, 1.82) is 0 Å². The first-order valence-electron chi connectivity index (χ1n) is 10.6. The monoisotopic (exact) mass is 456 g/mol. The van der Waals surface area contributed by atoms with Crippen molar-refractivity contribution in [3.8, 4) is 27.4 Å². The Morgan fingerprint density at radius 3 is 2.73 bits per heavy atom. The van der Waals surface area contributed by atoms with Crippen molar-refractivity contribution in [3.63, 3.8) is 0 Å². The Labute approximate surface area is 196 Å². The SMILES string of the molecule is COc1cccc(-c2nc3c(Nc4ccc(-c5cnc(C)s5)c(CO)c4)cccn3c2C)c1. The zero-order chi connectivity index (χ0) is 22.9. The Morgan fingerprint density at radius 2 is 1.97 bits per heavy atom. The highest BCUT2D eigenvalue weighted by atomic mass is 32.1. The minimum atomic E-state index is -0.0471. The molecule has 5 rings (SSSR count). The van der Waals surface area contributed by atoms with E-state index in [9.17, 15) is 5.11 Å². The molecule has 0 bridgehead atoms. The van der Waals surface area contributed by atoms with Gasteiger partial charge < -0.3 is 19.6 Å². The van der Waals surface area contributed by atoms with Gasteiger partial charge in [0.25, 0.3) is 0 Å². The maximum atomic E-state index is 9.99. The molecule has 0 spiro atoms. The van der Waals surface area contributed by atoms with E-state index in [1.54, 1.807) is 18.4 Å². The fourth-order valence-electron chi connectivity index (χ4n) is 4.01. The number of aromatic nitrogens is 3. The summed E-state index contributed by atoms with van der Waals surface area (Å²) in [4.78, 5) is 10.3. The molecule has 0 aliphatic rings. The summed E-state index contributed by atoms with van der Waals surface area (Å²) in [5, 5.41) is 14.5. The van der Waals surface area contributed by atoms with E-state index in [2.05, 4.69) is 21.6 Å². The fraction of sp³-hybridized carbons (Fsp3) is 0.154. The van der Waals surface area contributed by atoms with Gasteiger partial charge in [-0.1, -0.05) is 18.2 Å². The predicted octanol–water partition coefficient (Wildman–Crippen LogP) is 5.99.